The van der Waals surface area contributed by atoms with E-state index in [4.69, 9.17) is 0 Å². The van der Waals surface area contributed by atoms with E-state index in [9.17, 15) is 0 Å². The minimum Gasteiger partial charge on any atom is -0.265 e. The molecule has 0 aliphatic heterocycles. The van der Waals surface area contributed by atoms with Crippen molar-refractivity contribution >= 4 is 6.08 Å². The molecule has 1 heterocycles. The van der Waals surface area contributed by atoms with Crippen LogP contribution < -0.4 is 0 Å². The van der Waals surface area contributed by atoms with Crippen LogP contribution in [0.25, 0.3) is 6.08 Å². The van der Waals surface area contributed by atoms with Crippen LogP contribution in [0.2, 0.25) is 0 Å². The maximum absolute atomic E-state index is 3.96. The van der Waals surface area contributed by atoms with Crippen molar-refractivity contribution < 1.29 is 0 Å². The highest BCUT2D eigenvalue weighted by Gasteiger charge is 1.82. The van der Waals surface area contributed by atoms with Gasteiger partial charge in [0.1, 0.15) is 0 Å². The Hall–Kier alpha value is -1.11. The summed E-state index contributed by atoms with van der Waals surface area (Å²) in [7, 11) is 0. The SMILES string of the molecule is CCCCC=Cc1ccncc1. The molecule has 0 saturated carbocycles. The minimum absolute atomic E-state index is 1.18. The zero-order chi connectivity index (χ0) is 8.65. The van der Waals surface area contributed by atoms with Crippen LogP contribution in [0.4, 0.5) is 0 Å². The second kappa shape index (κ2) is 5.53. The largest absolute Gasteiger partial charge is 0.265 e. The van der Waals surface area contributed by atoms with Gasteiger partial charge >= 0.3 is 0 Å². The van der Waals surface area contributed by atoms with Gasteiger partial charge in [0.15, 0.2) is 0 Å². The lowest BCUT2D eigenvalue weighted by Crippen LogP contribution is -1.72. The van der Waals surface area contributed by atoms with Gasteiger partial charge in [-0.2, -0.15) is 0 Å². The number of allylic oxidation sites excluding steroid dienone is 1. The fourth-order valence-electron chi connectivity index (χ4n) is 1.02. The number of hydrogen-bond donors (Lipinski definition) is 0. The normalized spacial score (nSPS) is 10.8. The Morgan fingerprint density at radius 3 is 2.75 bits per heavy atom. The molecule has 0 amide bonds. The quantitative estimate of drug-likeness (QED) is 0.617. The Balaban J connectivity index is 2.36. The summed E-state index contributed by atoms with van der Waals surface area (Å²) in [5.74, 6) is 0. The average molecular weight is 161 g/mol. The van der Waals surface area contributed by atoms with Crippen molar-refractivity contribution in [3.8, 4) is 0 Å². The molecule has 12 heavy (non-hydrogen) atoms. The molecule has 1 aromatic rings. The molecule has 1 nitrogen and oxygen atoms in total. The molecule has 0 spiro atoms. The van der Waals surface area contributed by atoms with Crippen LogP contribution in [0.1, 0.15) is 31.7 Å². The van der Waals surface area contributed by atoms with E-state index >= 15 is 0 Å². The van der Waals surface area contributed by atoms with E-state index in [0.29, 0.717) is 0 Å². The van der Waals surface area contributed by atoms with Crippen molar-refractivity contribution in [3.05, 3.63) is 36.2 Å². The molecule has 0 saturated heterocycles. The summed E-state index contributed by atoms with van der Waals surface area (Å²) in [6, 6.07) is 4.03. The number of pyridine rings is 1. The third-order valence-corrected chi connectivity index (χ3v) is 1.74. The third-order valence-electron chi connectivity index (χ3n) is 1.74. The molecule has 0 bridgehead atoms. The second-order valence-corrected chi connectivity index (χ2v) is 2.83. The van der Waals surface area contributed by atoms with E-state index in [1.54, 1.807) is 0 Å². The lowest BCUT2D eigenvalue weighted by Gasteiger charge is -1.90. The molecule has 0 radical (unpaired) electrons. The first-order chi connectivity index (χ1) is 5.93. The monoisotopic (exact) mass is 161 g/mol. The predicted octanol–water partition coefficient (Wildman–Crippen LogP) is 3.29. The van der Waals surface area contributed by atoms with Crippen molar-refractivity contribution in [1.29, 1.82) is 0 Å². The van der Waals surface area contributed by atoms with Crippen LogP contribution in [-0.4, -0.2) is 4.98 Å². The molecule has 1 heteroatoms. The minimum atomic E-state index is 1.18. The summed E-state index contributed by atoms with van der Waals surface area (Å²) in [5.41, 5.74) is 1.24. The number of rotatable bonds is 4. The molecule has 1 aromatic heterocycles. The van der Waals surface area contributed by atoms with Crippen molar-refractivity contribution in [2.45, 2.75) is 26.2 Å². The Bertz CT molecular complexity index is 226. The van der Waals surface area contributed by atoms with Gasteiger partial charge in [0.2, 0.25) is 0 Å². The average Bonchev–Trinajstić information content (AvgIpc) is 2.14. The van der Waals surface area contributed by atoms with Crippen LogP contribution in [0.5, 0.6) is 0 Å². The third kappa shape index (κ3) is 3.33. The first-order valence-corrected chi connectivity index (χ1v) is 4.50. The molecular formula is C11H15N. The van der Waals surface area contributed by atoms with Crippen molar-refractivity contribution in [1.82, 2.24) is 4.98 Å². The molecule has 64 valence electrons. The zero-order valence-corrected chi connectivity index (χ0v) is 7.53. The summed E-state index contributed by atoms with van der Waals surface area (Å²) in [6.07, 6.45) is 11.7. The molecule has 0 unspecified atom stereocenters. The Morgan fingerprint density at radius 2 is 2.08 bits per heavy atom. The van der Waals surface area contributed by atoms with Gasteiger partial charge in [0, 0.05) is 12.4 Å². The standard InChI is InChI=1S/C11H15N/c1-2-3-4-5-6-11-7-9-12-10-8-11/h5-10H,2-4H2,1H3. The highest BCUT2D eigenvalue weighted by atomic mass is 14.6. The van der Waals surface area contributed by atoms with Crippen molar-refractivity contribution in [3.63, 3.8) is 0 Å². The number of aromatic nitrogens is 1. The highest BCUT2D eigenvalue weighted by Crippen LogP contribution is 2.02. The summed E-state index contributed by atoms with van der Waals surface area (Å²) in [6.45, 7) is 2.21. The number of hydrogen-bond acceptors (Lipinski definition) is 1. The molecule has 1 rings (SSSR count). The van der Waals surface area contributed by atoms with E-state index in [1.807, 2.05) is 24.5 Å². The van der Waals surface area contributed by atoms with E-state index in [-0.39, 0.29) is 0 Å². The lowest BCUT2D eigenvalue weighted by atomic mass is 10.2. The summed E-state index contributed by atoms with van der Waals surface area (Å²) in [4.78, 5) is 3.96. The molecule has 0 aliphatic rings. The van der Waals surface area contributed by atoms with Crippen molar-refractivity contribution in [2.24, 2.45) is 0 Å². The van der Waals surface area contributed by atoms with Gasteiger partial charge in [-0.1, -0.05) is 31.9 Å². The maximum Gasteiger partial charge on any atom is 0.0273 e. The van der Waals surface area contributed by atoms with Crippen molar-refractivity contribution in [2.75, 3.05) is 0 Å². The van der Waals surface area contributed by atoms with Gasteiger partial charge < -0.3 is 0 Å². The van der Waals surface area contributed by atoms with Crippen LogP contribution in [0.15, 0.2) is 30.6 Å². The lowest BCUT2D eigenvalue weighted by molar-refractivity contribution is 0.816. The summed E-state index contributed by atoms with van der Waals surface area (Å²) in [5, 5.41) is 0. The highest BCUT2D eigenvalue weighted by molar-refractivity contribution is 5.47. The molecule has 0 aromatic carbocycles. The van der Waals surface area contributed by atoms with E-state index in [1.165, 1.54) is 24.8 Å². The van der Waals surface area contributed by atoms with Gasteiger partial charge in [-0.3, -0.25) is 4.98 Å². The predicted molar refractivity (Wildman–Crippen MR) is 52.8 cm³/mol. The Morgan fingerprint density at radius 1 is 1.33 bits per heavy atom. The Kier molecular flexibility index (Phi) is 4.14. The smallest absolute Gasteiger partial charge is 0.0273 e. The fourth-order valence-corrected chi connectivity index (χ4v) is 1.02. The Labute approximate surface area is 74.2 Å². The first kappa shape index (κ1) is 8.98. The van der Waals surface area contributed by atoms with Crippen LogP contribution in [0, 0.1) is 0 Å². The first-order valence-electron chi connectivity index (χ1n) is 4.50. The van der Waals surface area contributed by atoms with Gasteiger partial charge in [-0.25, -0.2) is 0 Å². The van der Waals surface area contributed by atoms with Crippen LogP contribution >= 0.6 is 0 Å². The van der Waals surface area contributed by atoms with Gasteiger partial charge in [0.05, 0.1) is 0 Å². The fraction of sp³-hybridized carbons (Fsp3) is 0.364. The molecule has 0 N–H and O–H groups in total. The topological polar surface area (TPSA) is 12.9 Å². The molecule has 0 atom stereocenters. The van der Waals surface area contributed by atoms with Gasteiger partial charge in [-0.15, -0.1) is 0 Å². The molecule has 0 aliphatic carbocycles. The zero-order valence-electron chi connectivity index (χ0n) is 7.53. The number of nitrogens with zero attached hydrogens (tertiary/aromatic N) is 1. The molecular weight excluding hydrogens is 146 g/mol. The van der Waals surface area contributed by atoms with E-state index < -0.39 is 0 Å². The number of unbranched alkanes of at least 4 members (excludes halogenated alkanes) is 2. The van der Waals surface area contributed by atoms with Gasteiger partial charge in [0.25, 0.3) is 0 Å². The van der Waals surface area contributed by atoms with E-state index in [0.717, 1.165) is 0 Å². The maximum atomic E-state index is 3.96. The van der Waals surface area contributed by atoms with Crippen LogP contribution in [0.3, 0.4) is 0 Å². The summed E-state index contributed by atoms with van der Waals surface area (Å²) >= 11 is 0. The van der Waals surface area contributed by atoms with E-state index in [2.05, 4.69) is 24.1 Å². The molecule has 0 fully saturated rings. The van der Waals surface area contributed by atoms with Gasteiger partial charge in [-0.05, 0) is 24.1 Å². The van der Waals surface area contributed by atoms with Crippen LogP contribution in [-0.2, 0) is 0 Å². The summed E-state index contributed by atoms with van der Waals surface area (Å²) < 4.78 is 0. The second-order valence-electron chi connectivity index (χ2n) is 2.83.